The zero-order valence-corrected chi connectivity index (χ0v) is 37.3. The number of carbonyl (C=O) groups is 1. The molecular weight excluding hydrogens is 701 g/mol. The average Bonchev–Trinajstić information content (AvgIpc) is 3.51. The molecule has 1 N–H and O–H groups in total. The first-order valence-corrected chi connectivity index (χ1v) is 24.6. The Morgan fingerprint density at radius 3 is 2.24 bits per heavy atom. The van der Waals surface area contributed by atoms with E-state index in [-0.39, 0.29) is 43.8 Å². The predicted molar refractivity (Wildman–Crippen MR) is 226 cm³/mol. The zero-order chi connectivity index (χ0) is 39.8. The first-order chi connectivity index (χ1) is 25.8. The number of nitrogens with one attached hydrogen (secondary N) is 1. The quantitative estimate of drug-likeness (QED) is 0.176. The van der Waals surface area contributed by atoms with Crippen molar-refractivity contribution in [1.29, 1.82) is 0 Å². The number of sulfone groups is 1. The fourth-order valence-electron chi connectivity index (χ4n) is 16.0. The van der Waals surface area contributed by atoms with Crippen LogP contribution >= 0.6 is 0 Å². The molecule has 0 spiro atoms. The van der Waals surface area contributed by atoms with Crippen molar-refractivity contribution in [3.05, 3.63) is 35.5 Å². The summed E-state index contributed by atoms with van der Waals surface area (Å²) in [6.07, 6.45) is 23.4. The molecule has 0 radical (unpaired) electrons. The molecule has 4 saturated carbocycles. The number of hydrogen-bond donors (Lipinski definition) is 1. The van der Waals surface area contributed by atoms with E-state index < -0.39 is 9.84 Å². The Bertz CT molecular complexity index is 1670. The molecule has 6 nitrogen and oxygen atoms in total. The van der Waals surface area contributed by atoms with E-state index in [1.165, 1.54) is 69.6 Å². The van der Waals surface area contributed by atoms with Crippen LogP contribution in [0.15, 0.2) is 35.5 Å². The molecule has 7 aliphatic rings. The second-order valence-corrected chi connectivity index (χ2v) is 24.0. The first kappa shape index (κ1) is 41.7. The van der Waals surface area contributed by atoms with Gasteiger partial charge in [-0.3, -0.25) is 4.79 Å². The van der Waals surface area contributed by atoms with Gasteiger partial charge in [0.05, 0.1) is 11.9 Å². The van der Waals surface area contributed by atoms with Gasteiger partial charge in [0.25, 0.3) is 0 Å². The molecular formula is C48H78N2O4S. The molecule has 310 valence electrons. The molecule has 1 saturated heterocycles. The number of esters is 1. The van der Waals surface area contributed by atoms with Gasteiger partial charge in [-0.15, -0.1) is 0 Å². The lowest BCUT2D eigenvalue weighted by Crippen LogP contribution is -2.71. The summed E-state index contributed by atoms with van der Waals surface area (Å²) in [6, 6.07) is 0. The van der Waals surface area contributed by atoms with Crippen LogP contribution in [0.5, 0.6) is 0 Å². The third kappa shape index (κ3) is 6.70. The van der Waals surface area contributed by atoms with E-state index in [4.69, 9.17) is 4.74 Å². The molecule has 0 aromatic carbocycles. The Morgan fingerprint density at radius 1 is 0.909 bits per heavy atom. The SMILES string of the molecule is C=C(C)[C@@H]1CC[C@]2(NCCN3CCC(S(C)(=O)=O)CC3)CC[C@@]3(C)[C@]4(C)CC[C@H]5C(C)(C)C(C6=CCC(CC(=O)OCC)CC6)=CC[C@]5(C)[C@H]4CC[C@]3(C)[C@@H]12. The summed E-state index contributed by atoms with van der Waals surface area (Å²) in [5.41, 5.74) is 5.92. The minimum atomic E-state index is -2.95. The number of rotatable bonds is 10. The van der Waals surface area contributed by atoms with Gasteiger partial charge in [-0.1, -0.05) is 65.8 Å². The minimum absolute atomic E-state index is 0.0385. The fourth-order valence-corrected chi connectivity index (χ4v) is 17.1. The fraction of sp³-hybridized carbons (Fsp3) is 0.854. The maximum Gasteiger partial charge on any atom is 0.306 e. The molecule has 1 aliphatic heterocycles. The van der Waals surface area contributed by atoms with Crippen molar-refractivity contribution in [3.63, 3.8) is 0 Å². The van der Waals surface area contributed by atoms with Crippen molar-refractivity contribution in [1.82, 2.24) is 10.2 Å². The molecule has 0 amide bonds. The standard InChI is InChI=1S/C48H78N2O4S/c1-11-54-41(51)32-34-12-14-35(15-13-34)38-17-22-44(6)39(43(38,4)5)18-23-45(7)40(44)19-24-46(8)42-37(33(2)3)16-25-48(42,27-26-47(45,46)9)49-28-31-50-29-20-36(21-30-50)55(10,52)53/h14,17,34,36-37,39-40,42,49H,2,11-13,15-16,18-32H2,1,3-10H3/t34?,37-,39-,40+,42+,44-,45+,46+,47-,48-/m0/s1. The van der Waals surface area contributed by atoms with Gasteiger partial charge in [-0.05, 0) is 185 Å². The summed E-state index contributed by atoms with van der Waals surface area (Å²) in [5.74, 6) is 2.91. The van der Waals surface area contributed by atoms with Gasteiger partial charge in [0.2, 0.25) is 0 Å². The maximum absolute atomic E-state index is 12.2. The number of likely N-dealkylation sites (tertiary alicyclic amines) is 1. The van der Waals surface area contributed by atoms with Crippen LogP contribution in [-0.4, -0.2) is 69.1 Å². The number of carbonyl (C=O) groups excluding carboxylic acids is 1. The van der Waals surface area contributed by atoms with Crippen molar-refractivity contribution in [2.24, 2.45) is 56.7 Å². The van der Waals surface area contributed by atoms with Gasteiger partial charge in [0, 0.05) is 31.3 Å². The van der Waals surface area contributed by atoms with E-state index in [0.717, 1.165) is 58.3 Å². The molecule has 7 heteroatoms. The van der Waals surface area contributed by atoms with Gasteiger partial charge in [-0.25, -0.2) is 8.42 Å². The van der Waals surface area contributed by atoms with Crippen LogP contribution in [0.25, 0.3) is 0 Å². The van der Waals surface area contributed by atoms with Gasteiger partial charge in [0.15, 0.2) is 0 Å². The van der Waals surface area contributed by atoms with Crippen LogP contribution in [0.3, 0.4) is 0 Å². The van der Waals surface area contributed by atoms with Crippen molar-refractivity contribution in [3.8, 4) is 0 Å². The second kappa shape index (κ2) is 14.7. The predicted octanol–water partition coefficient (Wildman–Crippen LogP) is 10.1. The van der Waals surface area contributed by atoms with Gasteiger partial charge >= 0.3 is 5.97 Å². The minimum Gasteiger partial charge on any atom is -0.466 e. The average molecular weight is 779 g/mol. The summed E-state index contributed by atoms with van der Waals surface area (Å²) in [7, 11) is -2.95. The lowest BCUT2D eigenvalue weighted by atomic mass is 9.29. The normalized spacial score (nSPS) is 43.3. The molecule has 7 rings (SSSR count). The van der Waals surface area contributed by atoms with Crippen LogP contribution < -0.4 is 5.32 Å². The molecule has 0 aromatic rings. The molecule has 10 atom stereocenters. The highest BCUT2D eigenvalue weighted by Crippen LogP contribution is 2.80. The number of allylic oxidation sites excluding steroid dienone is 5. The third-order valence-corrected chi connectivity index (χ3v) is 20.7. The highest BCUT2D eigenvalue weighted by molar-refractivity contribution is 7.91. The molecule has 0 bridgehead atoms. The van der Waals surface area contributed by atoms with Gasteiger partial charge < -0.3 is 15.0 Å². The Labute approximate surface area is 336 Å². The van der Waals surface area contributed by atoms with Crippen molar-refractivity contribution >= 4 is 15.8 Å². The van der Waals surface area contributed by atoms with Crippen LogP contribution in [0, 0.1) is 56.7 Å². The molecule has 5 fully saturated rings. The summed E-state index contributed by atoms with van der Waals surface area (Å²) >= 11 is 0. The van der Waals surface area contributed by atoms with Crippen molar-refractivity contribution < 1.29 is 17.9 Å². The van der Waals surface area contributed by atoms with E-state index in [9.17, 15) is 13.2 Å². The summed E-state index contributed by atoms with van der Waals surface area (Å²) in [5, 5.41) is 4.14. The van der Waals surface area contributed by atoms with Gasteiger partial charge in [-0.2, -0.15) is 0 Å². The Balaban J connectivity index is 1.10. The maximum atomic E-state index is 12.2. The number of ether oxygens (including phenoxy) is 1. The van der Waals surface area contributed by atoms with E-state index in [1.807, 2.05) is 6.92 Å². The lowest BCUT2D eigenvalue weighted by molar-refractivity contribution is -0.257. The van der Waals surface area contributed by atoms with E-state index in [0.29, 0.717) is 42.6 Å². The highest BCUT2D eigenvalue weighted by atomic mass is 32.2. The smallest absolute Gasteiger partial charge is 0.306 e. The molecule has 55 heavy (non-hydrogen) atoms. The lowest BCUT2D eigenvalue weighted by Gasteiger charge is -2.76. The topological polar surface area (TPSA) is 75.7 Å². The molecule has 1 heterocycles. The Kier molecular flexibility index (Phi) is 11.1. The van der Waals surface area contributed by atoms with Crippen LogP contribution in [0.1, 0.15) is 152 Å². The number of nitrogens with zero attached hydrogens (tertiary/aromatic N) is 1. The zero-order valence-electron chi connectivity index (χ0n) is 36.5. The highest BCUT2D eigenvalue weighted by Gasteiger charge is 2.74. The summed E-state index contributed by atoms with van der Waals surface area (Å²) in [4.78, 5) is 14.7. The van der Waals surface area contributed by atoms with Crippen molar-refractivity contribution in [2.45, 2.75) is 162 Å². The van der Waals surface area contributed by atoms with E-state index in [1.54, 1.807) is 11.1 Å². The van der Waals surface area contributed by atoms with Gasteiger partial charge in [0.1, 0.15) is 9.84 Å². The first-order valence-electron chi connectivity index (χ1n) is 22.6. The Morgan fingerprint density at radius 2 is 1.60 bits per heavy atom. The van der Waals surface area contributed by atoms with E-state index in [2.05, 4.69) is 77.4 Å². The summed E-state index contributed by atoms with van der Waals surface area (Å²) < 4.78 is 29.7. The largest absolute Gasteiger partial charge is 0.466 e. The summed E-state index contributed by atoms with van der Waals surface area (Å²) in [6.45, 7) is 29.3. The van der Waals surface area contributed by atoms with Crippen molar-refractivity contribution in [2.75, 3.05) is 39.0 Å². The molecule has 0 aromatic heterocycles. The number of piperidine rings is 1. The van der Waals surface area contributed by atoms with Crippen LogP contribution in [0.4, 0.5) is 0 Å². The molecule has 1 unspecified atom stereocenters. The number of hydrogen-bond acceptors (Lipinski definition) is 6. The monoisotopic (exact) mass is 779 g/mol. The molecule has 6 aliphatic carbocycles. The third-order valence-electron chi connectivity index (χ3n) is 19.1. The second-order valence-electron chi connectivity index (χ2n) is 21.7. The van der Waals surface area contributed by atoms with Crippen LogP contribution in [0.2, 0.25) is 0 Å². The Hall–Kier alpha value is -1.44. The van der Waals surface area contributed by atoms with Crippen LogP contribution in [-0.2, 0) is 19.4 Å². The number of fused-ring (bicyclic) bond motifs is 7. The van der Waals surface area contributed by atoms with E-state index >= 15 is 0 Å².